The summed E-state index contributed by atoms with van der Waals surface area (Å²) in [6, 6.07) is 22.2. The molecule has 36 heavy (non-hydrogen) atoms. The van der Waals surface area contributed by atoms with Crippen molar-refractivity contribution in [2.45, 2.75) is 6.92 Å². The lowest BCUT2D eigenvalue weighted by molar-refractivity contribution is -0.130. The van der Waals surface area contributed by atoms with Crippen LogP contribution in [0.15, 0.2) is 79.0 Å². The van der Waals surface area contributed by atoms with Crippen LogP contribution in [0.4, 0.5) is 5.69 Å². The van der Waals surface area contributed by atoms with Gasteiger partial charge in [0.15, 0.2) is 6.61 Å². The first-order valence-corrected chi connectivity index (χ1v) is 11.4. The van der Waals surface area contributed by atoms with Crippen molar-refractivity contribution in [1.82, 2.24) is 14.7 Å². The highest BCUT2D eigenvalue weighted by atomic mass is 16.5. The Hall–Kier alpha value is -4.59. The van der Waals surface area contributed by atoms with E-state index in [2.05, 4.69) is 5.32 Å². The van der Waals surface area contributed by atoms with E-state index in [1.807, 2.05) is 55.5 Å². The molecule has 0 spiro atoms. The van der Waals surface area contributed by atoms with Gasteiger partial charge in [0.05, 0.1) is 18.4 Å². The number of ether oxygens (including phenoxy) is 2. The summed E-state index contributed by atoms with van der Waals surface area (Å²) in [5.41, 5.74) is 4.29. The third kappa shape index (κ3) is 5.72. The molecule has 0 bridgehead atoms. The van der Waals surface area contributed by atoms with Crippen LogP contribution < -0.4 is 14.8 Å². The minimum atomic E-state index is -0.303. The van der Waals surface area contributed by atoms with E-state index >= 15 is 0 Å². The zero-order valence-electron chi connectivity index (χ0n) is 20.7. The Morgan fingerprint density at radius 3 is 2.36 bits per heavy atom. The largest absolute Gasteiger partial charge is 0.497 e. The van der Waals surface area contributed by atoms with Gasteiger partial charge in [0, 0.05) is 31.5 Å². The SMILES string of the molecule is COc1cccc(-c2nn(-c3ccc(C)cc3)cc2C(=O)Nc2ccc(OCC(=O)N(C)C)cc2)c1. The summed E-state index contributed by atoms with van der Waals surface area (Å²) in [6.07, 6.45) is 1.72. The number of carbonyl (C=O) groups excluding carboxylic acids is 2. The lowest BCUT2D eigenvalue weighted by atomic mass is 10.1. The van der Waals surface area contributed by atoms with Crippen LogP contribution in [0.2, 0.25) is 0 Å². The molecule has 0 saturated heterocycles. The van der Waals surface area contributed by atoms with Crippen LogP contribution in [0.1, 0.15) is 15.9 Å². The third-order valence-corrected chi connectivity index (χ3v) is 5.57. The second-order valence-electron chi connectivity index (χ2n) is 8.46. The highest BCUT2D eigenvalue weighted by molar-refractivity contribution is 6.08. The number of carbonyl (C=O) groups is 2. The molecular formula is C28H28N4O4. The monoisotopic (exact) mass is 484 g/mol. The van der Waals surface area contributed by atoms with Crippen molar-refractivity contribution in [3.8, 4) is 28.4 Å². The number of anilines is 1. The number of methoxy groups -OCH3 is 1. The minimum absolute atomic E-state index is 0.0548. The maximum absolute atomic E-state index is 13.4. The number of hydrogen-bond acceptors (Lipinski definition) is 5. The summed E-state index contributed by atoms with van der Waals surface area (Å²) in [4.78, 5) is 26.5. The highest BCUT2D eigenvalue weighted by Gasteiger charge is 2.19. The normalized spacial score (nSPS) is 10.6. The number of nitrogens with zero attached hydrogens (tertiary/aromatic N) is 3. The smallest absolute Gasteiger partial charge is 0.259 e. The van der Waals surface area contributed by atoms with Crippen molar-refractivity contribution in [2.24, 2.45) is 0 Å². The van der Waals surface area contributed by atoms with Crippen LogP contribution in [0.25, 0.3) is 16.9 Å². The van der Waals surface area contributed by atoms with E-state index in [1.165, 1.54) is 4.90 Å². The van der Waals surface area contributed by atoms with Crippen LogP contribution in [-0.4, -0.2) is 54.3 Å². The number of amides is 2. The van der Waals surface area contributed by atoms with Crippen molar-refractivity contribution in [1.29, 1.82) is 0 Å². The van der Waals surface area contributed by atoms with Crippen LogP contribution in [0, 0.1) is 6.92 Å². The summed E-state index contributed by atoms with van der Waals surface area (Å²) >= 11 is 0. The van der Waals surface area contributed by atoms with Gasteiger partial charge < -0.3 is 19.7 Å². The molecule has 4 rings (SSSR count). The molecule has 0 atom stereocenters. The van der Waals surface area contributed by atoms with Crippen LogP contribution >= 0.6 is 0 Å². The average Bonchev–Trinajstić information content (AvgIpc) is 3.34. The standard InChI is InChI=1S/C28H28N4O4/c1-19-8-12-22(13-9-19)32-17-25(27(30-32)20-6-5-7-24(16-20)35-4)28(34)29-21-10-14-23(15-11-21)36-18-26(33)31(2)3/h5-17H,18H2,1-4H3,(H,29,34). The van der Waals surface area contributed by atoms with E-state index in [1.54, 1.807) is 56.3 Å². The predicted molar refractivity (Wildman–Crippen MR) is 139 cm³/mol. The van der Waals surface area contributed by atoms with E-state index in [0.717, 1.165) is 16.8 Å². The summed E-state index contributed by atoms with van der Waals surface area (Å²) in [5, 5.41) is 7.66. The van der Waals surface area contributed by atoms with Gasteiger partial charge in [-0.2, -0.15) is 5.10 Å². The molecule has 0 radical (unpaired) electrons. The van der Waals surface area contributed by atoms with Gasteiger partial charge in [0.25, 0.3) is 11.8 Å². The van der Waals surface area contributed by atoms with E-state index in [4.69, 9.17) is 14.6 Å². The highest BCUT2D eigenvalue weighted by Crippen LogP contribution is 2.28. The molecule has 0 aliphatic carbocycles. The van der Waals surface area contributed by atoms with Crippen LogP contribution in [0.5, 0.6) is 11.5 Å². The molecule has 0 aliphatic heterocycles. The molecular weight excluding hydrogens is 456 g/mol. The Bertz CT molecular complexity index is 1360. The van der Waals surface area contributed by atoms with Crippen LogP contribution in [0.3, 0.4) is 0 Å². The zero-order valence-corrected chi connectivity index (χ0v) is 20.7. The topological polar surface area (TPSA) is 85.7 Å². The fraction of sp³-hybridized carbons (Fsp3) is 0.179. The van der Waals surface area contributed by atoms with Crippen molar-refractivity contribution in [3.63, 3.8) is 0 Å². The van der Waals surface area contributed by atoms with Gasteiger partial charge in [0.2, 0.25) is 0 Å². The maximum Gasteiger partial charge on any atom is 0.259 e. The molecule has 1 N–H and O–H groups in total. The van der Waals surface area contributed by atoms with Crippen molar-refractivity contribution >= 4 is 17.5 Å². The number of nitrogens with one attached hydrogen (secondary N) is 1. The average molecular weight is 485 g/mol. The second-order valence-corrected chi connectivity index (χ2v) is 8.46. The quantitative estimate of drug-likeness (QED) is 0.396. The number of benzene rings is 3. The van der Waals surface area contributed by atoms with E-state index in [9.17, 15) is 9.59 Å². The van der Waals surface area contributed by atoms with Crippen LogP contribution in [-0.2, 0) is 4.79 Å². The number of hydrogen-bond donors (Lipinski definition) is 1. The van der Waals surface area contributed by atoms with E-state index in [0.29, 0.717) is 28.4 Å². The molecule has 0 unspecified atom stereocenters. The minimum Gasteiger partial charge on any atom is -0.497 e. The van der Waals surface area contributed by atoms with Crippen molar-refractivity contribution in [3.05, 3.63) is 90.1 Å². The Morgan fingerprint density at radius 1 is 0.972 bits per heavy atom. The zero-order chi connectivity index (χ0) is 25.7. The molecule has 8 heteroatoms. The van der Waals surface area contributed by atoms with Crippen molar-refractivity contribution in [2.75, 3.05) is 33.1 Å². The molecule has 0 saturated carbocycles. The molecule has 1 heterocycles. The molecule has 0 fully saturated rings. The first-order valence-electron chi connectivity index (χ1n) is 11.4. The molecule has 4 aromatic rings. The Balaban J connectivity index is 1.60. The molecule has 3 aromatic carbocycles. The Morgan fingerprint density at radius 2 is 1.69 bits per heavy atom. The first kappa shape index (κ1) is 24.5. The fourth-order valence-electron chi connectivity index (χ4n) is 3.46. The van der Waals surface area contributed by atoms with Gasteiger partial charge in [-0.25, -0.2) is 4.68 Å². The molecule has 0 aliphatic rings. The number of likely N-dealkylation sites (N-methyl/N-ethyl adjacent to an activating group) is 1. The fourth-order valence-corrected chi connectivity index (χ4v) is 3.46. The molecule has 184 valence electrons. The first-order chi connectivity index (χ1) is 17.3. The van der Waals surface area contributed by atoms with Gasteiger partial charge in [0.1, 0.15) is 17.2 Å². The van der Waals surface area contributed by atoms with E-state index in [-0.39, 0.29) is 18.4 Å². The van der Waals surface area contributed by atoms with Gasteiger partial charge in [-0.05, 0) is 55.5 Å². The Kier molecular flexibility index (Phi) is 7.34. The summed E-state index contributed by atoms with van der Waals surface area (Å²) in [6.45, 7) is 1.96. The molecule has 2 amide bonds. The lowest BCUT2D eigenvalue weighted by Crippen LogP contribution is -2.27. The summed E-state index contributed by atoms with van der Waals surface area (Å²) in [7, 11) is 4.94. The second kappa shape index (κ2) is 10.8. The summed E-state index contributed by atoms with van der Waals surface area (Å²) in [5.74, 6) is 0.769. The predicted octanol–water partition coefficient (Wildman–Crippen LogP) is 4.58. The molecule has 1 aromatic heterocycles. The van der Waals surface area contributed by atoms with Gasteiger partial charge in [-0.3, -0.25) is 9.59 Å². The van der Waals surface area contributed by atoms with Gasteiger partial charge in [-0.15, -0.1) is 0 Å². The van der Waals surface area contributed by atoms with E-state index < -0.39 is 0 Å². The summed E-state index contributed by atoms with van der Waals surface area (Å²) < 4.78 is 12.6. The van der Waals surface area contributed by atoms with Crippen molar-refractivity contribution < 1.29 is 19.1 Å². The number of aryl methyl sites for hydroxylation is 1. The number of rotatable bonds is 8. The Labute approximate surface area is 210 Å². The maximum atomic E-state index is 13.4. The van der Waals surface area contributed by atoms with Gasteiger partial charge in [-0.1, -0.05) is 29.8 Å². The number of aromatic nitrogens is 2. The molecule has 8 nitrogen and oxygen atoms in total. The third-order valence-electron chi connectivity index (χ3n) is 5.57. The lowest BCUT2D eigenvalue weighted by Gasteiger charge is -2.12. The van der Waals surface area contributed by atoms with Gasteiger partial charge >= 0.3 is 0 Å².